The zero-order valence-corrected chi connectivity index (χ0v) is 17.8. The Morgan fingerprint density at radius 2 is 1.88 bits per heavy atom. The van der Waals surface area contributed by atoms with Gasteiger partial charge in [-0.1, -0.05) is 24.3 Å². The molecule has 0 spiro atoms. The summed E-state index contributed by atoms with van der Waals surface area (Å²) in [7, 11) is 0. The first-order valence-electron chi connectivity index (χ1n) is 10.1. The van der Waals surface area contributed by atoms with Gasteiger partial charge in [-0.25, -0.2) is 4.68 Å². The molecule has 0 aliphatic heterocycles. The molecule has 9 heteroatoms. The molecule has 0 radical (unpaired) electrons. The molecular formula is C25H17F3N4O2. The van der Waals surface area contributed by atoms with Crippen molar-refractivity contribution in [2.45, 2.75) is 13.1 Å². The van der Waals surface area contributed by atoms with Crippen LogP contribution in [0, 0.1) is 18.3 Å². The Balaban J connectivity index is 1.70. The second-order valence-corrected chi connectivity index (χ2v) is 7.33. The Morgan fingerprint density at radius 1 is 1.12 bits per heavy atom. The van der Waals surface area contributed by atoms with Crippen LogP contribution >= 0.6 is 0 Å². The number of nitrogens with zero attached hydrogens (tertiary/aromatic N) is 3. The average Bonchev–Trinajstić information content (AvgIpc) is 3.43. The smallest absolute Gasteiger partial charge is 0.416 e. The molecule has 4 aromatic rings. The van der Waals surface area contributed by atoms with Gasteiger partial charge in [-0.15, -0.1) is 0 Å². The third-order valence-electron chi connectivity index (χ3n) is 4.85. The summed E-state index contributed by atoms with van der Waals surface area (Å²) in [4.78, 5) is 12.7. The molecule has 0 aliphatic carbocycles. The summed E-state index contributed by atoms with van der Waals surface area (Å²) in [6.07, 6.45) is -1.60. The van der Waals surface area contributed by atoms with Crippen LogP contribution in [0.3, 0.4) is 0 Å². The number of rotatable bonds is 5. The summed E-state index contributed by atoms with van der Waals surface area (Å²) in [6, 6.07) is 18.7. The fraction of sp³-hybridized carbons (Fsp3) is 0.0800. The Morgan fingerprint density at radius 3 is 2.53 bits per heavy atom. The number of carbonyl (C=O) groups excluding carboxylic acids is 1. The first-order chi connectivity index (χ1) is 16.2. The highest BCUT2D eigenvalue weighted by molar-refractivity contribution is 6.10. The van der Waals surface area contributed by atoms with E-state index < -0.39 is 17.6 Å². The lowest BCUT2D eigenvalue weighted by atomic mass is 10.1. The van der Waals surface area contributed by atoms with Gasteiger partial charge in [-0.3, -0.25) is 4.79 Å². The minimum atomic E-state index is -4.56. The van der Waals surface area contributed by atoms with Gasteiger partial charge in [-0.05, 0) is 55.5 Å². The van der Waals surface area contributed by atoms with Crippen molar-refractivity contribution in [1.29, 1.82) is 5.26 Å². The van der Waals surface area contributed by atoms with Crippen molar-refractivity contribution < 1.29 is 22.4 Å². The molecular weight excluding hydrogens is 445 g/mol. The summed E-state index contributed by atoms with van der Waals surface area (Å²) in [6.45, 7) is 1.77. The van der Waals surface area contributed by atoms with Crippen molar-refractivity contribution >= 4 is 17.7 Å². The van der Waals surface area contributed by atoms with Gasteiger partial charge >= 0.3 is 6.18 Å². The number of para-hydroxylation sites is 1. The maximum Gasteiger partial charge on any atom is 0.416 e. The van der Waals surface area contributed by atoms with Crippen LogP contribution in [0.1, 0.15) is 16.9 Å². The predicted octanol–water partition coefficient (Wildman–Crippen LogP) is 6.01. The molecule has 2 aromatic carbocycles. The highest BCUT2D eigenvalue weighted by atomic mass is 19.4. The molecule has 34 heavy (non-hydrogen) atoms. The Labute approximate surface area is 192 Å². The summed E-state index contributed by atoms with van der Waals surface area (Å²) < 4.78 is 46.2. The van der Waals surface area contributed by atoms with E-state index in [0.29, 0.717) is 22.8 Å². The molecule has 170 valence electrons. The lowest BCUT2D eigenvalue weighted by Crippen LogP contribution is -2.14. The molecule has 0 saturated heterocycles. The third-order valence-corrected chi connectivity index (χ3v) is 4.85. The minimum absolute atomic E-state index is 0.0807. The van der Waals surface area contributed by atoms with Gasteiger partial charge in [-0.2, -0.15) is 23.5 Å². The first-order valence-corrected chi connectivity index (χ1v) is 10.1. The van der Waals surface area contributed by atoms with E-state index >= 15 is 0 Å². The molecule has 2 aromatic heterocycles. The molecule has 4 rings (SSSR count). The highest BCUT2D eigenvalue weighted by Gasteiger charge is 2.30. The highest BCUT2D eigenvalue weighted by Crippen LogP contribution is 2.31. The number of hydrogen-bond donors (Lipinski definition) is 1. The minimum Gasteiger partial charge on any atom is -0.460 e. The van der Waals surface area contributed by atoms with Gasteiger partial charge in [0.2, 0.25) is 0 Å². The number of carbonyl (C=O) groups is 1. The van der Waals surface area contributed by atoms with Crippen molar-refractivity contribution in [3.8, 4) is 23.2 Å². The summed E-state index contributed by atoms with van der Waals surface area (Å²) >= 11 is 0. The quantitative estimate of drug-likeness (QED) is 0.291. The van der Waals surface area contributed by atoms with Crippen LogP contribution < -0.4 is 5.32 Å². The number of aromatic nitrogens is 2. The van der Waals surface area contributed by atoms with Gasteiger partial charge < -0.3 is 9.73 Å². The number of anilines is 1. The number of hydrogen-bond acceptors (Lipinski definition) is 4. The van der Waals surface area contributed by atoms with Gasteiger partial charge in [0.1, 0.15) is 23.1 Å². The van der Waals surface area contributed by atoms with Crippen molar-refractivity contribution in [1.82, 2.24) is 9.78 Å². The van der Waals surface area contributed by atoms with Crippen LogP contribution in [0.5, 0.6) is 0 Å². The van der Waals surface area contributed by atoms with E-state index in [-0.39, 0.29) is 11.3 Å². The number of aryl methyl sites for hydroxylation is 1. The maximum atomic E-state index is 13.0. The van der Waals surface area contributed by atoms with E-state index in [1.165, 1.54) is 18.2 Å². The lowest BCUT2D eigenvalue weighted by Gasteiger charge is -2.09. The number of amides is 1. The number of benzene rings is 2. The lowest BCUT2D eigenvalue weighted by molar-refractivity contribution is -0.137. The van der Waals surface area contributed by atoms with E-state index in [4.69, 9.17) is 4.42 Å². The molecule has 6 nitrogen and oxygen atoms in total. The van der Waals surface area contributed by atoms with Crippen LogP contribution in [0.15, 0.2) is 82.9 Å². The normalized spacial score (nSPS) is 11.8. The second kappa shape index (κ2) is 9.11. The van der Waals surface area contributed by atoms with Crippen molar-refractivity contribution in [3.05, 3.63) is 95.4 Å². The Kier molecular flexibility index (Phi) is 6.06. The zero-order valence-electron chi connectivity index (χ0n) is 17.8. The van der Waals surface area contributed by atoms with E-state index in [1.54, 1.807) is 29.9 Å². The SMILES string of the molecule is Cc1ccc(-c2nn(-c3ccccc3)cc2/C=C(/C#N)C(=O)Nc2cccc(C(F)(F)F)c2)o1. The summed E-state index contributed by atoms with van der Waals surface area (Å²) in [5.74, 6) is 0.242. The molecule has 0 atom stereocenters. The first kappa shape index (κ1) is 22.6. The number of alkyl halides is 3. The maximum absolute atomic E-state index is 13.0. The summed E-state index contributed by atoms with van der Waals surface area (Å²) in [5, 5.41) is 16.5. The van der Waals surface area contributed by atoms with Gasteiger partial charge in [0.05, 0.1) is 11.3 Å². The number of nitrogens with one attached hydrogen (secondary N) is 1. The van der Waals surface area contributed by atoms with Crippen LogP contribution in [0.4, 0.5) is 18.9 Å². The fourth-order valence-electron chi connectivity index (χ4n) is 3.23. The van der Waals surface area contributed by atoms with Crippen molar-refractivity contribution in [2.24, 2.45) is 0 Å². The van der Waals surface area contributed by atoms with E-state index in [0.717, 1.165) is 17.8 Å². The van der Waals surface area contributed by atoms with E-state index in [2.05, 4.69) is 10.4 Å². The monoisotopic (exact) mass is 462 g/mol. The van der Waals surface area contributed by atoms with Crippen LogP contribution in [0.2, 0.25) is 0 Å². The zero-order chi connectivity index (χ0) is 24.3. The van der Waals surface area contributed by atoms with Crippen molar-refractivity contribution in [3.63, 3.8) is 0 Å². The average molecular weight is 462 g/mol. The Bertz CT molecular complexity index is 1410. The van der Waals surface area contributed by atoms with Crippen LogP contribution in [-0.4, -0.2) is 15.7 Å². The predicted molar refractivity (Wildman–Crippen MR) is 120 cm³/mol. The van der Waals surface area contributed by atoms with E-state index in [1.807, 2.05) is 36.4 Å². The molecule has 0 bridgehead atoms. The third kappa shape index (κ3) is 4.91. The van der Waals surface area contributed by atoms with Gasteiger partial charge in [0.25, 0.3) is 5.91 Å². The molecule has 2 heterocycles. The summed E-state index contributed by atoms with van der Waals surface area (Å²) in [5.41, 5.74) is 0.272. The Hall–Kier alpha value is -4.58. The van der Waals surface area contributed by atoms with Crippen LogP contribution in [-0.2, 0) is 11.0 Å². The van der Waals surface area contributed by atoms with Crippen LogP contribution in [0.25, 0.3) is 23.2 Å². The molecule has 0 unspecified atom stereocenters. The van der Waals surface area contributed by atoms with E-state index in [9.17, 15) is 23.2 Å². The molecule has 0 fully saturated rings. The second-order valence-electron chi connectivity index (χ2n) is 7.33. The topological polar surface area (TPSA) is 83.8 Å². The standard InChI is InChI=1S/C25H17F3N4O2/c1-16-10-11-22(34-16)23-18(15-32(31-23)21-8-3-2-4-9-21)12-17(14-29)24(33)30-20-7-5-6-19(13-20)25(26,27)28/h2-13,15H,1H3,(H,30,33)/b17-12-. The fourth-order valence-corrected chi connectivity index (χ4v) is 3.23. The molecule has 1 N–H and O–H groups in total. The van der Waals surface area contributed by atoms with Gasteiger partial charge in [0.15, 0.2) is 5.76 Å². The molecule has 0 saturated carbocycles. The number of halogens is 3. The largest absolute Gasteiger partial charge is 0.460 e. The number of furan rings is 1. The van der Waals surface area contributed by atoms with Gasteiger partial charge in [0, 0.05) is 17.4 Å². The number of nitriles is 1. The van der Waals surface area contributed by atoms with Crippen molar-refractivity contribution in [2.75, 3.05) is 5.32 Å². The molecule has 0 aliphatic rings. The molecule has 1 amide bonds.